The summed E-state index contributed by atoms with van der Waals surface area (Å²) in [5.74, 6) is 1.10. The topological polar surface area (TPSA) is 37.4 Å². The van der Waals surface area contributed by atoms with Crippen molar-refractivity contribution >= 4 is 5.82 Å². The van der Waals surface area contributed by atoms with Gasteiger partial charge in [0.2, 0.25) is 0 Å². The van der Waals surface area contributed by atoms with Gasteiger partial charge in [0.25, 0.3) is 0 Å². The molecule has 118 valence electrons. The fourth-order valence-electron chi connectivity index (χ4n) is 2.84. The molecule has 1 fully saturated rings. The van der Waals surface area contributed by atoms with Gasteiger partial charge in [-0.05, 0) is 50.9 Å². The SMILES string of the molecule is CCCNCc1cc(C)nc(N2CC(C)OCC2CC)c1. The quantitative estimate of drug-likeness (QED) is 0.818. The Morgan fingerprint density at radius 2 is 2.19 bits per heavy atom. The monoisotopic (exact) mass is 291 g/mol. The molecular formula is C17H29N3O. The largest absolute Gasteiger partial charge is 0.375 e. The molecule has 2 unspecified atom stereocenters. The average molecular weight is 291 g/mol. The number of nitrogens with one attached hydrogen (secondary N) is 1. The van der Waals surface area contributed by atoms with Gasteiger partial charge in [0.05, 0.1) is 18.8 Å². The highest BCUT2D eigenvalue weighted by atomic mass is 16.5. The van der Waals surface area contributed by atoms with E-state index in [1.54, 1.807) is 0 Å². The highest BCUT2D eigenvalue weighted by Gasteiger charge is 2.26. The van der Waals surface area contributed by atoms with Crippen LogP contribution in [0.5, 0.6) is 0 Å². The van der Waals surface area contributed by atoms with E-state index >= 15 is 0 Å². The van der Waals surface area contributed by atoms with E-state index in [1.807, 2.05) is 0 Å². The van der Waals surface area contributed by atoms with Crippen molar-refractivity contribution in [2.45, 2.75) is 59.2 Å². The summed E-state index contributed by atoms with van der Waals surface area (Å²) in [6.07, 6.45) is 2.53. The lowest BCUT2D eigenvalue weighted by molar-refractivity contribution is 0.0296. The first-order valence-electron chi connectivity index (χ1n) is 8.20. The van der Waals surface area contributed by atoms with E-state index in [2.05, 4.69) is 50.0 Å². The Hall–Kier alpha value is -1.13. The second kappa shape index (κ2) is 7.76. The van der Waals surface area contributed by atoms with Crippen molar-refractivity contribution in [1.82, 2.24) is 10.3 Å². The third kappa shape index (κ3) is 4.42. The maximum Gasteiger partial charge on any atom is 0.129 e. The maximum absolute atomic E-state index is 5.79. The molecule has 0 spiro atoms. The Morgan fingerprint density at radius 3 is 2.90 bits per heavy atom. The Morgan fingerprint density at radius 1 is 1.38 bits per heavy atom. The van der Waals surface area contributed by atoms with E-state index in [1.165, 1.54) is 5.56 Å². The summed E-state index contributed by atoms with van der Waals surface area (Å²) < 4.78 is 5.79. The van der Waals surface area contributed by atoms with Crippen LogP contribution in [-0.4, -0.2) is 36.8 Å². The first-order valence-corrected chi connectivity index (χ1v) is 8.20. The molecule has 1 aliphatic rings. The van der Waals surface area contributed by atoms with Gasteiger partial charge in [-0.25, -0.2) is 4.98 Å². The Bertz CT molecular complexity index is 450. The van der Waals surface area contributed by atoms with Gasteiger partial charge < -0.3 is 15.0 Å². The molecule has 1 saturated heterocycles. The third-order valence-electron chi connectivity index (χ3n) is 3.99. The van der Waals surface area contributed by atoms with Crippen molar-refractivity contribution in [3.8, 4) is 0 Å². The van der Waals surface area contributed by atoms with Crippen LogP contribution >= 0.6 is 0 Å². The van der Waals surface area contributed by atoms with Crippen molar-refractivity contribution in [1.29, 1.82) is 0 Å². The molecule has 4 heteroatoms. The first-order chi connectivity index (χ1) is 10.1. The van der Waals surface area contributed by atoms with Crippen molar-refractivity contribution < 1.29 is 4.74 Å². The smallest absolute Gasteiger partial charge is 0.129 e. The Labute approximate surface area is 128 Å². The highest BCUT2D eigenvalue weighted by molar-refractivity contribution is 5.44. The fraction of sp³-hybridized carbons (Fsp3) is 0.706. The van der Waals surface area contributed by atoms with Gasteiger partial charge in [0.1, 0.15) is 5.82 Å². The number of ether oxygens (including phenoxy) is 1. The molecule has 1 aromatic rings. The minimum Gasteiger partial charge on any atom is -0.375 e. The number of hydrogen-bond donors (Lipinski definition) is 1. The van der Waals surface area contributed by atoms with Gasteiger partial charge in [-0.15, -0.1) is 0 Å². The summed E-state index contributed by atoms with van der Waals surface area (Å²) in [6, 6.07) is 4.85. The first kappa shape index (κ1) is 16.2. The minimum atomic E-state index is 0.275. The summed E-state index contributed by atoms with van der Waals surface area (Å²) >= 11 is 0. The summed E-state index contributed by atoms with van der Waals surface area (Å²) in [6.45, 7) is 12.3. The fourth-order valence-corrected chi connectivity index (χ4v) is 2.84. The molecule has 0 aromatic carbocycles. The van der Waals surface area contributed by atoms with E-state index in [-0.39, 0.29) is 6.10 Å². The number of pyridine rings is 1. The van der Waals surface area contributed by atoms with Crippen molar-refractivity contribution in [3.63, 3.8) is 0 Å². The number of rotatable bonds is 6. The predicted octanol–water partition coefficient (Wildman–Crippen LogP) is 2.89. The molecule has 2 atom stereocenters. The molecular weight excluding hydrogens is 262 g/mol. The number of nitrogens with zero attached hydrogens (tertiary/aromatic N) is 2. The summed E-state index contributed by atoms with van der Waals surface area (Å²) in [5.41, 5.74) is 2.41. The van der Waals surface area contributed by atoms with Crippen LogP contribution in [0.1, 0.15) is 44.9 Å². The third-order valence-corrected chi connectivity index (χ3v) is 3.99. The number of morpholine rings is 1. The van der Waals surface area contributed by atoms with Gasteiger partial charge >= 0.3 is 0 Å². The lowest BCUT2D eigenvalue weighted by Gasteiger charge is -2.39. The second-order valence-corrected chi connectivity index (χ2v) is 6.01. The van der Waals surface area contributed by atoms with Crippen LogP contribution in [0.15, 0.2) is 12.1 Å². The van der Waals surface area contributed by atoms with Crippen LogP contribution in [0.4, 0.5) is 5.82 Å². The molecule has 2 rings (SSSR count). The molecule has 21 heavy (non-hydrogen) atoms. The van der Waals surface area contributed by atoms with Gasteiger partial charge in [0.15, 0.2) is 0 Å². The summed E-state index contributed by atoms with van der Waals surface area (Å²) in [4.78, 5) is 7.18. The normalized spacial score (nSPS) is 22.6. The molecule has 0 aliphatic carbocycles. The van der Waals surface area contributed by atoms with Crippen molar-refractivity contribution in [3.05, 3.63) is 23.4 Å². The molecule has 0 radical (unpaired) electrons. The predicted molar refractivity (Wildman–Crippen MR) is 87.8 cm³/mol. The number of aromatic nitrogens is 1. The minimum absolute atomic E-state index is 0.275. The second-order valence-electron chi connectivity index (χ2n) is 6.01. The van der Waals surface area contributed by atoms with Crippen LogP contribution in [0.25, 0.3) is 0 Å². The maximum atomic E-state index is 5.79. The number of hydrogen-bond acceptors (Lipinski definition) is 4. The van der Waals surface area contributed by atoms with Gasteiger partial charge in [-0.1, -0.05) is 13.8 Å². The van der Waals surface area contributed by atoms with E-state index in [9.17, 15) is 0 Å². The van der Waals surface area contributed by atoms with Gasteiger partial charge in [-0.3, -0.25) is 0 Å². The number of aryl methyl sites for hydroxylation is 1. The standard InChI is InChI=1S/C17H29N3O/c1-5-7-18-10-15-8-13(3)19-17(9-15)20-11-14(4)21-12-16(20)6-2/h8-9,14,16,18H,5-7,10-12H2,1-4H3. The molecule has 0 bridgehead atoms. The van der Waals surface area contributed by atoms with E-state index in [4.69, 9.17) is 9.72 Å². The molecule has 0 amide bonds. The molecule has 4 nitrogen and oxygen atoms in total. The molecule has 2 heterocycles. The molecule has 1 N–H and O–H groups in total. The van der Waals surface area contributed by atoms with Gasteiger partial charge in [-0.2, -0.15) is 0 Å². The van der Waals surface area contributed by atoms with Crippen LogP contribution in [0, 0.1) is 6.92 Å². The van der Waals surface area contributed by atoms with Crippen LogP contribution in [0.2, 0.25) is 0 Å². The lowest BCUT2D eigenvalue weighted by atomic mass is 10.1. The van der Waals surface area contributed by atoms with Crippen molar-refractivity contribution in [2.75, 3.05) is 24.6 Å². The van der Waals surface area contributed by atoms with Crippen molar-refractivity contribution in [2.24, 2.45) is 0 Å². The van der Waals surface area contributed by atoms with E-state index < -0.39 is 0 Å². The van der Waals surface area contributed by atoms with Gasteiger partial charge in [0, 0.05) is 18.8 Å². The van der Waals surface area contributed by atoms with E-state index in [0.717, 1.165) is 50.6 Å². The zero-order valence-electron chi connectivity index (χ0n) is 13.9. The molecule has 1 aromatic heterocycles. The Kier molecular flexibility index (Phi) is 6.00. The molecule has 1 aliphatic heterocycles. The molecule has 0 saturated carbocycles. The number of anilines is 1. The van der Waals surface area contributed by atoms with E-state index in [0.29, 0.717) is 6.04 Å². The van der Waals surface area contributed by atoms with Crippen LogP contribution in [-0.2, 0) is 11.3 Å². The highest BCUT2D eigenvalue weighted by Crippen LogP contribution is 2.23. The average Bonchev–Trinajstić information content (AvgIpc) is 2.47. The lowest BCUT2D eigenvalue weighted by Crippen LogP contribution is -2.49. The van der Waals surface area contributed by atoms with Crippen LogP contribution < -0.4 is 10.2 Å². The summed E-state index contributed by atoms with van der Waals surface area (Å²) in [5, 5.41) is 3.47. The summed E-state index contributed by atoms with van der Waals surface area (Å²) in [7, 11) is 0. The Balaban J connectivity index is 2.16. The van der Waals surface area contributed by atoms with Crippen LogP contribution in [0.3, 0.4) is 0 Å². The zero-order chi connectivity index (χ0) is 15.2. The zero-order valence-corrected chi connectivity index (χ0v) is 13.9.